The molecule has 0 amide bonds. The number of aliphatic hydroxyl groups excluding tert-OH is 2. The second kappa shape index (κ2) is 6.19. The SMILES string of the molecule is CC(O)c1cccc2c1OC(F)(F)C(O)N2Cc1ccc2c(c1)N(C)C1OC1O2. The largest absolute Gasteiger partial charge is 0.458 e. The Bertz CT molecular complexity index is 970. The van der Waals surface area contributed by atoms with E-state index in [1.807, 2.05) is 18.0 Å². The zero-order valence-electron chi connectivity index (χ0n) is 15.8. The first-order valence-electron chi connectivity index (χ1n) is 9.26. The molecule has 2 aromatic rings. The lowest BCUT2D eigenvalue weighted by molar-refractivity contribution is -0.246. The van der Waals surface area contributed by atoms with Gasteiger partial charge in [0.25, 0.3) is 0 Å². The average Bonchev–Trinajstić information content (AvgIpc) is 3.45. The summed E-state index contributed by atoms with van der Waals surface area (Å²) in [5, 5.41) is 20.3. The summed E-state index contributed by atoms with van der Waals surface area (Å²) in [6.45, 7) is 1.48. The number of alkyl halides is 2. The average molecular weight is 406 g/mol. The third-order valence-electron chi connectivity index (χ3n) is 5.43. The lowest BCUT2D eigenvalue weighted by Gasteiger charge is -2.40. The van der Waals surface area contributed by atoms with Crippen LogP contribution in [0, 0.1) is 0 Å². The van der Waals surface area contributed by atoms with E-state index in [0.29, 0.717) is 11.3 Å². The van der Waals surface area contributed by atoms with Crippen molar-refractivity contribution in [1.29, 1.82) is 0 Å². The highest BCUT2D eigenvalue weighted by Crippen LogP contribution is 2.47. The third-order valence-corrected chi connectivity index (χ3v) is 5.43. The van der Waals surface area contributed by atoms with Gasteiger partial charge in [0, 0.05) is 19.2 Å². The molecule has 2 aromatic carbocycles. The summed E-state index contributed by atoms with van der Waals surface area (Å²) in [7, 11) is 1.87. The minimum atomic E-state index is -3.83. The molecule has 0 aromatic heterocycles. The zero-order valence-corrected chi connectivity index (χ0v) is 15.8. The van der Waals surface area contributed by atoms with Gasteiger partial charge in [-0.2, -0.15) is 8.78 Å². The maximum absolute atomic E-state index is 14.4. The minimum Gasteiger partial charge on any atom is -0.458 e. The molecule has 1 fully saturated rings. The highest BCUT2D eigenvalue weighted by atomic mass is 19.3. The van der Waals surface area contributed by atoms with E-state index in [0.717, 1.165) is 5.69 Å². The van der Waals surface area contributed by atoms with Crippen molar-refractivity contribution in [3.8, 4) is 11.5 Å². The molecule has 4 atom stereocenters. The van der Waals surface area contributed by atoms with Crippen LogP contribution in [0.5, 0.6) is 11.5 Å². The number of likely N-dealkylation sites (N-methyl/N-ethyl adjacent to an activating group) is 1. The molecule has 3 aliphatic rings. The highest BCUT2D eigenvalue weighted by molar-refractivity contribution is 5.66. The van der Waals surface area contributed by atoms with Gasteiger partial charge in [0.05, 0.1) is 17.5 Å². The van der Waals surface area contributed by atoms with Crippen LogP contribution in [-0.4, -0.2) is 42.1 Å². The number of nitrogens with zero attached hydrogens (tertiary/aromatic N) is 2. The first kappa shape index (κ1) is 18.4. The van der Waals surface area contributed by atoms with Crippen molar-refractivity contribution in [2.75, 3.05) is 16.8 Å². The van der Waals surface area contributed by atoms with E-state index in [2.05, 4.69) is 0 Å². The second-order valence-corrected chi connectivity index (χ2v) is 7.46. The van der Waals surface area contributed by atoms with Gasteiger partial charge in [-0.25, -0.2) is 0 Å². The summed E-state index contributed by atoms with van der Waals surface area (Å²) >= 11 is 0. The van der Waals surface area contributed by atoms with Crippen molar-refractivity contribution in [3.05, 3.63) is 47.5 Å². The number of anilines is 2. The van der Waals surface area contributed by atoms with Crippen molar-refractivity contribution >= 4 is 11.4 Å². The van der Waals surface area contributed by atoms with E-state index >= 15 is 0 Å². The quantitative estimate of drug-likeness (QED) is 0.759. The molecule has 0 radical (unpaired) electrons. The summed E-state index contributed by atoms with van der Waals surface area (Å²) in [5.74, 6) is 0.519. The van der Waals surface area contributed by atoms with Gasteiger partial charge in [0.1, 0.15) is 5.75 Å². The van der Waals surface area contributed by atoms with Gasteiger partial charge in [-0.3, -0.25) is 0 Å². The topological polar surface area (TPSA) is 77.9 Å². The van der Waals surface area contributed by atoms with Gasteiger partial charge in [-0.1, -0.05) is 18.2 Å². The summed E-state index contributed by atoms with van der Waals surface area (Å²) in [6.07, 6.45) is -7.44. The van der Waals surface area contributed by atoms with Crippen molar-refractivity contribution in [3.63, 3.8) is 0 Å². The standard InChI is InChI=1S/C20H20F2N2O5/c1-10(25)12-4-3-5-13-16(12)29-20(21,22)19(26)24(13)9-11-6-7-15-14(8-11)23(2)17-18(27-15)28-17/h3-8,10,17-19,25-26H,9H2,1-2H3. The van der Waals surface area contributed by atoms with E-state index in [9.17, 15) is 19.0 Å². The molecule has 0 bridgehead atoms. The maximum Gasteiger partial charge on any atom is 0.444 e. The van der Waals surface area contributed by atoms with Gasteiger partial charge in [-0.15, -0.1) is 0 Å². The zero-order chi connectivity index (χ0) is 20.5. The van der Waals surface area contributed by atoms with Gasteiger partial charge in [0.15, 0.2) is 12.0 Å². The highest BCUT2D eigenvalue weighted by Gasteiger charge is 2.51. The summed E-state index contributed by atoms with van der Waals surface area (Å²) < 4.78 is 44.7. The van der Waals surface area contributed by atoms with Gasteiger partial charge >= 0.3 is 6.11 Å². The van der Waals surface area contributed by atoms with Crippen LogP contribution in [0.25, 0.3) is 0 Å². The fraction of sp³-hybridized carbons (Fsp3) is 0.400. The number of epoxide rings is 1. The number of aliphatic hydroxyl groups is 2. The number of hydrogen-bond donors (Lipinski definition) is 2. The number of fused-ring (bicyclic) bond motifs is 3. The van der Waals surface area contributed by atoms with Crippen LogP contribution in [0.2, 0.25) is 0 Å². The fourth-order valence-electron chi connectivity index (χ4n) is 3.83. The van der Waals surface area contributed by atoms with Crippen LogP contribution in [0.1, 0.15) is 24.2 Å². The minimum absolute atomic E-state index is 0.00640. The van der Waals surface area contributed by atoms with Crippen molar-refractivity contribution < 1.29 is 33.2 Å². The molecule has 0 aliphatic carbocycles. The predicted octanol–water partition coefficient (Wildman–Crippen LogP) is 2.56. The molecular formula is C20H20F2N2O5. The normalized spacial score (nSPS) is 27.2. The van der Waals surface area contributed by atoms with Gasteiger partial charge < -0.3 is 34.2 Å². The molecule has 3 aliphatic heterocycles. The number of halogens is 2. The van der Waals surface area contributed by atoms with Gasteiger partial charge in [0.2, 0.25) is 12.5 Å². The molecule has 4 unspecified atom stereocenters. The monoisotopic (exact) mass is 406 g/mol. The summed E-state index contributed by atoms with van der Waals surface area (Å²) in [4.78, 5) is 3.10. The first-order chi connectivity index (χ1) is 13.8. The first-order valence-corrected chi connectivity index (χ1v) is 9.26. The third kappa shape index (κ3) is 2.88. The van der Waals surface area contributed by atoms with E-state index in [1.165, 1.54) is 17.9 Å². The van der Waals surface area contributed by atoms with E-state index in [4.69, 9.17) is 14.2 Å². The molecular weight excluding hydrogens is 386 g/mol. The Morgan fingerprint density at radius 2 is 2.00 bits per heavy atom. The molecule has 7 nitrogen and oxygen atoms in total. The Hall–Kier alpha value is -2.62. The molecule has 0 spiro atoms. The van der Waals surface area contributed by atoms with Crippen molar-refractivity contribution in [1.82, 2.24) is 0 Å². The van der Waals surface area contributed by atoms with Crippen LogP contribution < -0.4 is 19.3 Å². The second-order valence-electron chi connectivity index (χ2n) is 7.46. The van der Waals surface area contributed by atoms with Crippen molar-refractivity contribution in [2.24, 2.45) is 0 Å². The Kier molecular flexibility index (Phi) is 3.93. The number of ether oxygens (including phenoxy) is 3. The Morgan fingerprint density at radius 1 is 1.21 bits per heavy atom. The maximum atomic E-state index is 14.4. The van der Waals surface area contributed by atoms with E-state index in [-0.39, 0.29) is 36.1 Å². The van der Waals surface area contributed by atoms with E-state index in [1.54, 1.807) is 24.3 Å². The number of benzene rings is 2. The summed E-state index contributed by atoms with van der Waals surface area (Å²) in [6, 6.07) is 10.1. The van der Waals surface area contributed by atoms with Gasteiger partial charge in [-0.05, 0) is 30.7 Å². The molecule has 9 heteroatoms. The Morgan fingerprint density at radius 3 is 2.76 bits per heavy atom. The molecule has 2 N–H and O–H groups in total. The lowest BCUT2D eigenvalue weighted by atomic mass is 10.0. The molecule has 5 rings (SSSR count). The van der Waals surface area contributed by atoms with Crippen LogP contribution in [0.15, 0.2) is 36.4 Å². The predicted molar refractivity (Wildman–Crippen MR) is 99.0 cm³/mol. The number of rotatable bonds is 3. The number of hydrogen-bond acceptors (Lipinski definition) is 7. The lowest BCUT2D eigenvalue weighted by Crippen LogP contribution is -2.54. The Labute approximate surface area is 165 Å². The smallest absolute Gasteiger partial charge is 0.444 e. The molecule has 3 heterocycles. The van der Waals surface area contributed by atoms with E-state index < -0.39 is 18.4 Å². The van der Waals surface area contributed by atoms with Crippen LogP contribution in [0.4, 0.5) is 20.2 Å². The molecule has 1 saturated heterocycles. The number of para-hydroxylation sites is 1. The molecule has 29 heavy (non-hydrogen) atoms. The van der Waals surface area contributed by atoms with Crippen LogP contribution in [-0.2, 0) is 11.3 Å². The molecule has 154 valence electrons. The van der Waals surface area contributed by atoms with Crippen LogP contribution in [0.3, 0.4) is 0 Å². The Balaban J connectivity index is 1.52. The molecule has 0 saturated carbocycles. The summed E-state index contributed by atoms with van der Waals surface area (Å²) in [5.41, 5.74) is 2.00. The van der Waals surface area contributed by atoms with Crippen LogP contribution >= 0.6 is 0 Å². The fourth-order valence-corrected chi connectivity index (χ4v) is 3.83. The van der Waals surface area contributed by atoms with Crippen molar-refractivity contribution in [2.45, 2.75) is 44.4 Å².